The quantitative estimate of drug-likeness (QED) is 0.236. The number of hydrogen-bond donors (Lipinski definition) is 0. The molecule has 160 valence electrons. The molecule has 7 nitrogen and oxygen atoms in total. The third-order valence-corrected chi connectivity index (χ3v) is 5.05. The van der Waals surface area contributed by atoms with Gasteiger partial charge in [-0.1, -0.05) is 48.0 Å². The maximum atomic E-state index is 13.2. The van der Waals surface area contributed by atoms with Crippen molar-refractivity contribution >= 4 is 22.4 Å². The molecule has 0 spiro atoms. The number of Topliss-reactive ketones (excluding diaryl/α,β-unsaturated/α-hetero) is 1. The first-order chi connectivity index (χ1) is 15.3. The van der Waals surface area contributed by atoms with Crippen LogP contribution in [0.1, 0.15) is 21.5 Å². The smallest absolute Gasteiger partial charge is 0.270 e. The highest BCUT2D eigenvalue weighted by Gasteiger charge is 2.20. The van der Waals surface area contributed by atoms with Crippen LogP contribution in [0.25, 0.3) is 22.3 Å². The van der Waals surface area contributed by atoms with Crippen LogP contribution in [0.5, 0.6) is 5.75 Å². The Kier molecular flexibility index (Phi) is 5.55. The number of ketones is 1. The van der Waals surface area contributed by atoms with Gasteiger partial charge in [-0.15, -0.1) is 0 Å². The number of carbonyl (C=O) groups is 1. The van der Waals surface area contributed by atoms with Crippen LogP contribution in [0.4, 0.5) is 5.69 Å². The molecule has 3 aromatic carbocycles. The Morgan fingerprint density at radius 3 is 2.44 bits per heavy atom. The lowest BCUT2D eigenvalue weighted by molar-refractivity contribution is -0.384. The molecule has 0 atom stereocenters. The summed E-state index contributed by atoms with van der Waals surface area (Å²) < 4.78 is 11.7. The average Bonchev–Trinajstić information content (AvgIpc) is 2.78. The maximum Gasteiger partial charge on any atom is 0.270 e. The van der Waals surface area contributed by atoms with Crippen molar-refractivity contribution in [3.63, 3.8) is 0 Å². The lowest BCUT2D eigenvalue weighted by Gasteiger charge is -2.12. The fraction of sp³-hybridized carbons (Fsp3) is 0.120. The third kappa shape index (κ3) is 4.13. The van der Waals surface area contributed by atoms with E-state index in [0.717, 1.165) is 11.1 Å². The molecular formula is C25H19NO6. The van der Waals surface area contributed by atoms with E-state index in [-0.39, 0.29) is 22.8 Å². The molecule has 0 fully saturated rings. The van der Waals surface area contributed by atoms with Crippen molar-refractivity contribution in [3.05, 3.63) is 104 Å². The van der Waals surface area contributed by atoms with E-state index < -0.39 is 22.7 Å². The minimum Gasteiger partial charge on any atom is -0.478 e. The molecule has 0 saturated carbocycles. The van der Waals surface area contributed by atoms with E-state index in [1.165, 1.54) is 24.3 Å². The molecule has 0 unspecified atom stereocenters. The fourth-order valence-corrected chi connectivity index (χ4v) is 3.32. The van der Waals surface area contributed by atoms with Crippen LogP contribution in [0.15, 0.2) is 75.9 Å². The fourth-order valence-electron chi connectivity index (χ4n) is 3.32. The second-order valence-corrected chi connectivity index (χ2v) is 7.47. The first-order valence-corrected chi connectivity index (χ1v) is 9.88. The Hall–Kier alpha value is -4.26. The molecule has 7 heteroatoms. The second-order valence-electron chi connectivity index (χ2n) is 7.47. The van der Waals surface area contributed by atoms with Gasteiger partial charge < -0.3 is 9.15 Å². The highest BCUT2D eigenvalue weighted by atomic mass is 16.6. The monoisotopic (exact) mass is 429 g/mol. The van der Waals surface area contributed by atoms with Crippen molar-refractivity contribution in [2.45, 2.75) is 13.8 Å². The largest absolute Gasteiger partial charge is 0.478 e. The highest BCUT2D eigenvalue weighted by Crippen LogP contribution is 2.31. The van der Waals surface area contributed by atoms with E-state index in [4.69, 9.17) is 9.15 Å². The zero-order valence-corrected chi connectivity index (χ0v) is 17.5. The second kappa shape index (κ2) is 8.47. The lowest BCUT2D eigenvalue weighted by atomic mass is 10.1. The van der Waals surface area contributed by atoms with Crippen molar-refractivity contribution < 1.29 is 18.9 Å². The highest BCUT2D eigenvalue weighted by molar-refractivity contribution is 5.98. The van der Waals surface area contributed by atoms with Crippen molar-refractivity contribution in [1.29, 1.82) is 0 Å². The maximum absolute atomic E-state index is 13.2. The first-order valence-electron chi connectivity index (χ1n) is 9.88. The predicted molar refractivity (Wildman–Crippen MR) is 120 cm³/mol. The number of rotatable bonds is 6. The van der Waals surface area contributed by atoms with Crippen molar-refractivity contribution in [3.8, 4) is 17.1 Å². The van der Waals surface area contributed by atoms with Gasteiger partial charge in [0.15, 0.2) is 18.2 Å². The Morgan fingerprint density at radius 1 is 1.00 bits per heavy atom. The third-order valence-electron chi connectivity index (χ3n) is 5.05. The van der Waals surface area contributed by atoms with Gasteiger partial charge in [-0.2, -0.15) is 0 Å². The molecule has 0 aliphatic rings. The number of nitrogens with zero attached hydrogens (tertiary/aromatic N) is 1. The minimum absolute atomic E-state index is 0.0796. The molecule has 4 rings (SSSR count). The summed E-state index contributed by atoms with van der Waals surface area (Å²) in [5, 5.41) is 11.3. The van der Waals surface area contributed by atoms with Crippen LogP contribution in [0.3, 0.4) is 0 Å². The van der Waals surface area contributed by atoms with Crippen molar-refractivity contribution in [1.82, 2.24) is 0 Å². The number of nitro benzene ring substituents is 1. The van der Waals surface area contributed by atoms with Gasteiger partial charge in [-0.05, 0) is 31.5 Å². The summed E-state index contributed by atoms with van der Waals surface area (Å²) in [5.41, 5.74) is 2.56. The summed E-state index contributed by atoms with van der Waals surface area (Å²) >= 11 is 0. The van der Waals surface area contributed by atoms with Gasteiger partial charge in [0.1, 0.15) is 5.58 Å². The molecule has 0 bridgehead atoms. The lowest BCUT2D eigenvalue weighted by Crippen LogP contribution is -2.17. The molecule has 32 heavy (non-hydrogen) atoms. The predicted octanol–water partition coefficient (Wildman–Crippen LogP) is 5.25. The summed E-state index contributed by atoms with van der Waals surface area (Å²) in [4.78, 5) is 36.2. The van der Waals surface area contributed by atoms with Crippen LogP contribution < -0.4 is 10.2 Å². The van der Waals surface area contributed by atoms with Gasteiger partial charge in [0, 0.05) is 23.3 Å². The summed E-state index contributed by atoms with van der Waals surface area (Å²) in [6, 6.07) is 18.0. The number of ether oxygens (including phenoxy) is 1. The SMILES string of the molecule is Cc1ccc(-c2oc3cc(C)ccc3c(=O)c2OCC(=O)c2cccc([N+](=O)[O-])c2)cc1. The summed E-state index contributed by atoms with van der Waals surface area (Å²) in [5.74, 6) is -0.351. The summed E-state index contributed by atoms with van der Waals surface area (Å²) in [6.07, 6.45) is 0. The Balaban J connectivity index is 1.75. The van der Waals surface area contributed by atoms with Crippen LogP contribution in [-0.2, 0) is 0 Å². The van der Waals surface area contributed by atoms with E-state index in [0.29, 0.717) is 16.5 Å². The molecule has 1 aromatic heterocycles. The standard InChI is InChI=1S/C25H19NO6/c1-15-6-9-17(10-7-15)24-25(23(28)20-11-8-16(2)12-22(20)32-24)31-14-21(27)18-4-3-5-19(13-18)26(29)30/h3-13H,14H2,1-2H3. The van der Waals surface area contributed by atoms with E-state index in [9.17, 15) is 19.7 Å². The van der Waals surface area contributed by atoms with Gasteiger partial charge in [-0.3, -0.25) is 19.7 Å². The zero-order valence-electron chi connectivity index (χ0n) is 17.5. The number of aryl methyl sites for hydroxylation is 2. The van der Waals surface area contributed by atoms with Gasteiger partial charge in [0.25, 0.3) is 5.69 Å². The molecule has 0 amide bonds. The summed E-state index contributed by atoms with van der Waals surface area (Å²) in [7, 11) is 0. The van der Waals surface area contributed by atoms with Crippen LogP contribution in [0.2, 0.25) is 0 Å². The molecule has 0 radical (unpaired) electrons. The Morgan fingerprint density at radius 2 is 1.72 bits per heavy atom. The van der Waals surface area contributed by atoms with Gasteiger partial charge in [0.05, 0.1) is 10.3 Å². The van der Waals surface area contributed by atoms with Crippen LogP contribution in [-0.4, -0.2) is 17.3 Å². The topological polar surface area (TPSA) is 99.7 Å². The molecule has 0 N–H and O–H groups in total. The molecular weight excluding hydrogens is 410 g/mol. The first kappa shape index (κ1) is 21.0. The van der Waals surface area contributed by atoms with Crippen LogP contribution in [0, 0.1) is 24.0 Å². The Labute approximate surface area is 183 Å². The Bertz CT molecular complexity index is 1400. The van der Waals surface area contributed by atoms with Gasteiger partial charge in [-0.25, -0.2) is 0 Å². The molecule has 0 aliphatic carbocycles. The minimum atomic E-state index is -0.576. The van der Waals surface area contributed by atoms with Gasteiger partial charge in [0.2, 0.25) is 11.2 Å². The zero-order chi connectivity index (χ0) is 22.8. The number of nitro groups is 1. The number of hydrogen-bond acceptors (Lipinski definition) is 6. The molecule has 0 aliphatic heterocycles. The average molecular weight is 429 g/mol. The number of benzene rings is 3. The van der Waals surface area contributed by atoms with E-state index in [2.05, 4.69) is 0 Å². The summed E-state index contributed by atoms with van der Waals surface area (Å²) in [6.45, 7) is 3.37. The van der Waals surface area contributed by atoms with E-state index in [1.54, 1.807) is 18.2 Å². The van der Waals surface area contributed by atoms with E-state index >= 15 is 0 Å². The van der Waals surface area contributed by atoms with E-state index in [1.807, 2.05) is 38.1 Å². The number of fused-ring (bicyclic) bond motifs is 1. The number of carbonyl (C=O) groups excluding carboxylic acids is 1. The van der Waals surface area contributed by atoms with Crippen molar-refractivity contribution in [2.75, 3.05) is 6.61 Å². The number of non-ortho nitro benzene ring substituents is 1. The van der Waals surface area contributed by atoms with Crippen LogP contribution >= 0.6 is 0 Å². The molecule has 4 aromatic rings. The normalized spacial score (nSPS) is 10.8. The van der Waals surface area contributed by atoms with Crippen molar-refractivity contribution in [2.24, 2.45) is 0 Å². The molecule has 1 heterocycles. The van der Waals surface area contributed by atoms with Gasteiger partial charge >= 0.3 is 0 Å². The molecule has 0 saturated heterocycles.